The van der Waals surface area contributed by atoms with Crippen molar-refractivity contribution in [2.24, 2.45) is 0 Å². The molecular formula is C8H8BrN3O2S. The van der Waals surface area contributed by atoms with E-state index in [0.29, 0.717) is 11.4 Å². The third-order valence-corrected chi connectivity index (χ3v) is 4.24. The molecule has 0 unspecified atom stereocenters. The topological polar surface area (TPSA) is 66.6 Å². The highest BCUT2D eigenvalue weighted by atomic mass is 79.9. The molecule has 5 nitrogen and oxygen atoms in total. The summed E-state index contributed by atoms with van der Waals surface area (Å²) in [6.45, 7) is 3.72. The van der Waals surface area contributed by atoms with Gasteiger partial charge in [0.1, 0.15) is 15.1 Å². The number of hydrogen-bond acceptors (Lipinski definition) is 3. The first-order valence-corrected chi connectivity index (χ1v) is 5.76. The Bertz CT molecular complexity index is 546. The summed E-state index contributed by atoms with van der Waals surface area (Å²) in [6.07, 6.45) is -1.07. The van der Waals surface area contributed by atoms with Gasteiger partial charge in [0.05, 0.1) is 5.69 Å². The van der Waals surface area contributed by atoms with Crippen LogP contribution in [0.2, 0.25) is 0 Å². The van der Waals surface area contributed by atoms with Crippen LogP contribution >= 0.6 is 27.3 Å². The Balaban J connectivity index is 2.66. The van der Waals surface area contributed by atoms with E-state index in [1.54, 1.807) is 11.4 Å². The van der Waals surface area contributed by atoms with Gasteiger partial charge in [-0.1, -0.05) is 0 Å². The number of carboxylic acid groups (broad SMARTS) is 1. The van der Waals surface area contributed by atoms with Crippen LogP contribution < -0.4 is 5.32 Å². The highest BCUT2D eigenvalue weighted by Gasteiger charge is 2.16. The van der Waals surface area contributed by atoms with E-state index < -0.39 is 6.09 Å². The summed E-state index contributed by atoms with van der Waals surface area (Å²) in [4.78, 5) is 12.5. The molecule has 0 aromatic carbocycles. The Morgan fingerprint density at radius 3 is 2.87 bits per heavy atom. The molecule has 80 valence electrons. The number of aryl methyl sites for hydroxylation is 2. The summed E-state index contributed by atoms with van der Waals surface area (Å²) < 4.78 is 2.56. The first kappa shape index (κ1) is 10.4. The van der Waals surface area contributed by atoms with Gasteiger partial charge in [-0.3, -0.25) is 5.32 Å². The van der Waals surface area contributed by atoms with E-state index in [1.807, 2.05) is 6.92 Å². The number of carbonyl (C=O) groups is 1. The molecule has 2 aromatic heterocycles. The molecule has 0 aliphatic carbocycles. The van der Waals surface area contributed by atoms with Crippen LogP contribution in [0.25, 0.3) is 4.83 Å². The number of fused-ring (bicyclic) bond motifs is 1. The number of thiazole rings is 1. The number of halogens is 1. The predicted octanol–water partition coefficient (Wildman–Crippen LogP) is 2.87. The second kappa shape index (κ2) is 3.49. The van der Waals surface area contributed by atoms with Crippen LogP contribution in [0.15, 0.2) is 4.60 Å². The van der Waals surface area contributed by atoms with Gasteiger partial charge in [0.15, 0.2) is 0 Å². The molecule has 0 saturated heterocycles. The van der Waals surface area contributed by atoms with Crippen molar-refractivity contribution in [3.05, 3.63) is 15.2 Å². The molecule has 0 aliphatic rings. The SMILES string of the molecule is Cc1nn2c(Br)c(C)sc2c1NC(=O)O. The molecule has 1 amide bonds. The molecule has 15 heavy (non-hydrogen) atoms. The fourth-order valence-electron chi connectivity index (χ4n) is 1.32. The summed E-state index contributed by atoms with van der Waals surface area (Å²) in [6, 6.07) is 0. The Morgan fingerprint density at radius 2 is 2.27 bits per heavy atom. The number of nitrogens with one attached hydrogen (secondary N) is 1. The van der Waals surface area contributed by atoms with Crippen molar-refractivity contribution < 1.29 is 9.90 Å². The van der Waals surface area contributed by atoms with Crippen molar-refractivity contribution >= 4 is 43.9 Å². The van der Waals surface area contributed by atoms with E-state index in [1.165, 1.54) is 11.3 Å². The fraction of sp³-hybridized carbons (Fsp3) is 0.250. The van der Waals surface area contributed by atoms with Gasteiger partial charge < -0.3 is 5.11 Å². The second-order valence-corrected chi connectivity index (χ2v) is 5.01. The summed E-state index contributed by atoms with van der Waals surface area (Å²) in [7, 11) is 0. The maximum absolute atomic E-state index is 10.6. The molecule has 0 bridgehead atoms. The van der Waals surface area contributed by atoms with Crippen LogP contribution in [0, 0.1) is 13.8 Å². The first-order valence-electron chi connectivity index (χ1n) is 4.15. The molecule has 2 aromatic rings. The average molecular weight is 290 g/mol. The van der Waals surface area contributed by atoms with Crippen LogP contribution in [0.5, 0.6) is 0 Å². The minimum absolute atomic E-state index is 0.557. The summed E-state index contributed by atoms with van der Waals surface area (Å²) in [5, 5.41) is 15.3. The van der Waals surface area contributed by atoms with Crippen LogP contribution in [-0.2, 0) is 0 Å². The third kappa shape index (κ3) is 1.61. The van der Waals surface area contributed by atoms with Crippen molar-refractivity contribution in [2.75, 3.05) is 5.32 Å². The summed E-state index contributed by atoms with van der Waals surface area (Å²) >= 11 is 4.90. The minimum atomic E-state index is -1.07. The number of anilines is 1. The highest BCUT2D eigenvalue weighted by Crippen LogP contribution is 2.33. The zero-order valence-corrected chi connectivity index (χ0v) is 10.4. The van der Waals surface area contributed by atoms with E-state index in [4.69, 9.17) is 5.11 Å². The van der Waals surface area contributed by atoms with Crippen molar-refractivity contribution in [1.82, 2.24) is 9.61 Å². The summed E-state index contributed by atoms with van der Waals surface area (Å²) in [5.74, 6) is 0. The number of amides is 1. The molecule has 2 heterocycles. The zero-order chi connectivity index (χ0) is 11.2. The lowest BCUT2D eigenvalue weighted by Crippen LogP contribution is -2.07. The van der Waals surface area contributed by atoms with E-state index in [2.05, 4.69) is 26.3 Å². The molecule has 0 fully saturated rings. The minimum Gasteiger partial charge on any atom is -0.465 e. The van der Waals surface area contributed by atoms with Crippen molar-refractivity contribution in [2.45, 2.75) is 13.8 Å². The Hall–Kier alpha value is -1.08. The maximum Gasteiger partial charge on any atom is 0.409 e. The van der Waals surface area contributed by atoms with Gasteiger partial charge in [0.2, 0.25) is 0 Å². The first-order chi connectivity index (χ1) is 7.00. The second-order valence-electron chi connectivity index (χ2n) is 3.06. The number of nitrogens with zero attached hydrogens (tertiary/aromatic N) is 2. The van der Waals surface area contributed by atoms with Gasteiger partial charge >= 0.3 is 6.09 Å². The Labute approximate surface area is 97.8 Å². The van der Waals surface area contributed by atoms with E-state index in [0.717, 1.165) is 14.3 Å². The largest absolute Gasteiger partial charge is 0.465 e. The van der Waals surface area contributed by atoms with Gasteiger partial charge in [-0.15, -0.1) is 11.3 Å². The molecular weight excluding hydrogens is 282 g/mol. The molecule has 0 radical (unpaired) electrons. The molecule has 0 atom stereocenters. The lowest BCUT2D eigenvalue weighted by Gasteiger charge is -1.96. The highest BCUT2D eigenvalue weighted by molar-refractivity contribution is 9.10. The molecule has 0 aliphatic heterocycles. The molecule has 0 spiro atoms. The normalized spacial score (nSPS) is 10.9. The van der Waals surface area contributed by atoms with E-state index >= 15 is 0 Å². The van der Waals surface area contributed by atoms with Gasteiger partial charge in [-0.05, 0) is 29.8 Å². The summed E-state index contributed by atoms with van der Waals surface area (Å²) in [5.41, 5.74) is 1.23. The van der Waals surface area contributed by atoms with Gasteiger partial charge in [0, 0.05) is 4.88 Å². The fourth-order valence-corrected chi connectivity index (χ4v) is 2.92. The monoisotopic (exact) mass is 289 g/mol. The van der Waals surface area contributed by atoms with Crippen LogP contribution in [0.1, 0.15) is 10.6 Å². The number of aromatic nitrogens is 2. The lowest BCUT2D eigenvalue weighted by molar-refractivity contribution is 0.210. The standard InChI is InChI=1S/C8H8BrN3O2S/c1-3-5(10-8(13)14)7-12(11-3)6(9)4(2)15-7/h10H,1-2H3,(H,13,14). The molecule has 2 N–H and O–H groups in total. The third-order valence-electron chi connectivity index (χ3n) is 1.98. The molecule has 7 heteroatoms. The van der Waals surface area contributed by atoms with Crippen LogP contribution in [0.4, 0.5) is 10.5 Å². The predicted molar refractivity (Wildman–Crippen MR) is 61.9 cm³/mol. The number of hydrogen-bond donors (Lipinski definition) is 2. The van der Waals surface area contributed by atoms with E-state index in [-0.39, 0.29) is 0 Å². The van der Waals surface area contributed by atoms with Crippen molar-refractivity contribution in [3.8, 4) is 0 Å². The van der Waals surface area contributed by atoms with Crippen LogP contribution in [0.3, 0.4) is 0 Å². The van der Waals surface area contributed by atoms with Gasteiger partial charge in [-0.2, -0.15) is 5.10 Å². The maximum atomic E-state index is 10.6. The van der Waals surface area contributed by atoms with Gasteiger partial charge in [-0.25, -0.2) is 9.31 Å². The quantitative estimate of drug-likeness (QED) is 0.848. The van der Waals surface area contributed by atoms with Crippen molar-refractivity contribution in [1.29, 1.82) is 0 Å². The van der Waals surface area contributed by atoms with Crippen molar-refractivity contribution in [3.63, 3.8) is 0 Å². The molecule has 0 saturated carbocycles. The Morgan fingerprint density at radius 1 is 1.60 bits per heavy atom. The smallest absolute Gasteiger partial charge is 0.409 e. The zero-order valence-electron chi connectivity index (χ0n) is 8.04. The lowest BCUT2D eigenvalue weighted by atomic mass is 10.4. The average Bonchev–Trinajstić information content (AvgIpc) is 2.56. The van der Waals surface area contributed by atoms with Gasteiger partial charge in [0.25, 0.3) is 0 Å². The van der Waals surface area contributed by atoms with E-state index in [9.17, 15) is 4.79 Å². The molecule has 2 rings (SSSR count). The number of rotatable bonds is 1. The Kier molecular flexibility index (Phi) is 2.43. The van der Waals surface area contributed by atoms with Crippen LogP contribution in [-0.4, -0.2) is 20.8 Å².